The number of fused-ring (bicyclic) bond motifs is 1. The van der Waals surface area contributed by atoms with E-state index in [4.69, 9.17) is 0 Å². The average Bonchev–Trinajstić information content (AvgIpc) is 2.83. The number of hydrogen-bond donors (Lipinski definition) is 3. The Morgan fingerprint density at radius 1 is 1.30 bits per heavy atom. The third kappa shape index (κ3) is 3.92. The monoisotopic (exact) mass is 318 g/mol. The molecular formula is C17H26N4O2. The molecule has 1 aromatic heterocycles. The zero-order valence-corrected chi connectivity index (χ0v) is 14.0. The molecule has 2 amide bonds. The maximum atomic E-state index is 12.2. The predicted octanol–water partition coefficient (Wildman–Crippen LogP) is 1.71. The summed E-state index contributed by atoms with van der Waals surface area (Å²) < 4.78 is 0. The lowest BCUT2D eigenvalue weighted by molar-refractivity contribution is -0.121. The van der Waals surface area contributed by atoms with E-state index in [-0.39, 0.29) is 23.7 Å². The molecule has 0 aromatic carbocycles. The molecule has 126 valence electrons. The third-order valence-corrected chi connectivity index (χ3v) is 4.72. The number of carbonyl (C=O) groups is 2. The van der Waals surface area contributed by atoms with Crippen molar-refractivity contribution >= 4 is 11.8 Å². The van der Waals surface area contributed by atoms with Crippen molar-refractivity contribution in [2.75, 3.05) is 6.54 Å². The summed E-state index contributed by atoms with van der Waals surface area (Å²) in [4.78, 5) is 31.9. The Morgan fingerprint density at radius 2 is 2.04 bits per heavy atom. The van der Waals surface area contributed by atoms with E-state index in [1.54, 1.807) is 0 Å². The molecular weight excluding hydrogens is 292 g/mol. The Bertz CT molecular complexity index is 600. The SMILES string of the molecule is CC1(C)CNC(=O)c2nc(CC(=O)NC3CCCCC3)[nH]c2C1. The molecule has 0 unspecified atom stereocenters. The van der Waals surface area contributed by atoms with Gasteiger partial charge >= 0.3 is 0 Å². The summed E-state index contributed by atoms with van der Waals surface area (Å²) in [5, 5.41) is 5.99. The number of rotatable bonds is 3. The minimum Gasteiger partial charge on any atom is -0.353 e. The Hall–Kier alpha value is -1.85. The fourth-order valence-electron chi connectivity index (χ4n) is 3.49. The highest BCUT2D eigenvalue weighted by molar-refractivity contribution is 5.94. The summed E-state index contributed by atoms with van der Waals surface area (Å²) in [6.07, 6.45) is 6.73. The fraction of sp³-hybridized carbons (Fsp3) is 0.706. The van der Waals surface area contributed by atoms with Gasteiger partial charge in [0.05, 0.1) is 6.42 Å². The molecule has 6 heteroatoms. The molecule has 23 heavy (non-hydrogen) atoms. The van der Waals surface area contributed by atoms with E-state index >= 15 is 0 Å². The predicted molar refractivity (Wildman–Crippen MR) is 87.1 cm³/mol. The van der Waals surface area contributed by atoms with Crippen molar-refractivity contribution in [2.24, 2.45) is 5.41 Å². The van der Waals surface area contributed by atoms with Gasteiger partial charge in [0.1, 0.15) is 11.5 Å². The first-order valence-corrected chi connectivity index (χ1v) is 8.58. The standard InChI is InChI=1S/C17H26N4O2/c1-17(2)9-12-15(16(23)18-10-17)21-13(20-12)8-14(22)19-11-6-4-3-5-7-11/h11H,3-10H2,1-2H3,(H,18,23)(H,19,22)(H,20,21). The lowest BCUT2D eigenvalue weighted by Gasteiger charge is -2.22. The Labute approximate surface area is 136 Å². The molecule has 1 aromatic rings. The summed E-state index contributed by atoms with van der Waals surface area (Å²) in [5.74, 6) is 0.414. The summed E-state index contributed by atoms with van der Waals surface area (Å²) in [6.45, 7) is 4.85. The van der Waals surface area contributed by atoms with Crippen molar-refractivity contribution in [3.63, 3.8) is 0 Å². The van der Waals surface area contributed by atoms with Gasteiger partial charge in [0.25, 0.3) is 5.91 Å². The van der Waals surface area contributed by atoms with Crippen molar-refractivity contribution in [3.05, 3.63) is 17.2 Å². The lowest BCUT2D eigenvalue weighted by atomic mass is 9.88. The van der Waals surface area contributed by atoms with Gasteiger partial charge in [-0.3, -0.25) is 9.59 Å². The highest BCUT2D eigenvalue weighted by atomic mass is 16.2. The van der Waals surface area contributed by atoms with Gasteiger partial charge in [0.15, 0.2) is 0 Å². The van der Waals surface area contributed by atoms with Gasteiger partial charge in [0.2, 0.25) is 5.91 Å². The summed E-state index contributed by atoms with van der Waals surface area (Å²) >= 11 is 0. The van der Waals surface area contributed by atoms with Crippen LogP contribution in [0, 0.1) is 5.41 Å². The van der Waals surface area contributed by atoms with Gasteiger partial charge in [-0.1, -0.05) is 33.1 Å². The average molecular weight is 318 g/mol. The zero-order chi connectivity index (χ0) is 16.4. The van der Waals surface area contributed by atoms with Crippen LogP contribution >= 0.6 is 0 Å². The van der Waals surface area contributed by atoms with Crippen molar-refractivity contribution in [1.29, 1.82) is 0 Å². The smallest absolute Gasteiger partial charge is 0.271 e. The number of imidazole rings is 1. The van der Waals surface area contributed by atoms with Gasteiger partial charge in [-0.15, -0.1) is 0 Å². The van der Waals surface area contributed by atoms with E-state index in [1.165, 1.54) is 19.3 Å². The number of aromatic nitrogens is 2. The number of amides is 2. The number of hydrogen-bond acceptors (Lipinski definition) is 3. The van der Waals surface area contributed by atoms with E-state index < -0.39 is 0 Å². The van der Waals surface area contributed by atoms with Crippen molar-refractivity contribution in [1.82, 2.24) is 20.6 Å². The molecule has 2 aliphatic rings. The van der Waals surface area contributed by atoms with Gasteiger partial charge in [-0.2, -0.15) is 0 Å². The molecule has 0 bridgehead atoms. The molecule has 0 saturated heterocycles. The maximum absolute atomic E-state index is 12.2. The number of carbonyl (C=O) groups excluding carboxylic acids is 2. The quantitative estimate of drug-likeness (QED) is 0.793. The normalized spacial score (nSPS) is 21.2. The number of nitrogens with zero attached hydrogens (tertiary/aromatic N) is 1. The Balaban J connectivity index is 1.66. The second-order valence-electron chi connectivity index (χ2n) is 7.61. The largest absolute Gasteiger partial charge is 0.353 e. The van der Waals surface area contributed by atoms with Crippen LogP contribution in [0.25, 0.3) is 0 Å². The summed E-state index contributed by atoms with van der Waals surface area (Å²) in [6, 6.07) is 0.297. The Morgan fingerprint density at radius 3 is 2.78 bits per heavy atom. The molecule has 3 N–H and O–H groups in total. The maximum Gasteiger partial charge on any atom is 0.271 e. The van der Waals surface area contributed by atoms with Crippen LogP contribution in [0.5, 0.6) is 0 Å². The van der Waals surface area contributed by atoms with Crippen LogP contribution < -0.4 is 10.6 Å². The zero-order valence-electron chi connectivity index (χ0n) is 14.0. The molecule has 3 rings (SSSR count). The van der Waals surface area contributed by atoms with Crippen LogP contribution in [0.3, 0.4) is 0 Å². The molecule has 1 fully saturated rings. The topological polar surface area (TPSA) is 86.9 Å². The molecule has 0 radical (unpaired) electrons. The minimum atomic E-state index is -0.152. The number of aromatic amines is 1. The number of nitrogens with one attached hydrogen (secondary N) is 3. The van der Waals surface area contributed by atoms with E-state index in [0.29, 0.717) is 24.1 Å². The molecule has 2 heterocycles. The van der Waals surface area contributed by atoms with Crippen molar-refractivity contribution < 1.29 is 9.59 Å². The lowest BCUT2D eigenvalue weighted by Crippen LogP contribution is -2.37. The van der Waals surface area contributed by atoms with Crippen LogP contribution in [-0.2, 0) is 17.6 Å². The molecule has 1 aliphatic carbocycles. The van der Waals surface area contributed by atoms with Crippen LogP contribution in [0.1, 0.15) is 68.0 Å². The molecule has 1 saturated carbocycles. The minimum absolute atomic E-state index is 0.0134. The fourth-order valence-corrected chi connectivity index (χ4v) is 3.49. The van der Waals surface area contributed by atoms with E-state index in [0.717, 1.165) is 25.0 Å². The molecule has 0 atom stereocenters. The summed E-state index contributed by atoms with van der Waals surface area (Å²) in [7, 11) is 0. The van der Waals surface area contributed by atoms with Crippen LogP contribution in [0.4, 0.5) is 0 Å². The second kappa shape index (κ2) is 6.34. The third-order valence-electron chi connectivity index (χ3n) is 4.72. The van der Waals surface area contributed by atoms with Crippen LogP contribution in [-0.4, -0.2) is 34.4 Å². The van der Waals surface area contributed by atoms with Gasteiger partial charge in [-0.05, 0) is 24.7 Å². The second-order valence-corrected chi connectivity index (χ2v) is 7.61. The first-order valence-electron chi connectivity index (χ1n) is 8.58. The Kier molecular flexibility index (Phi) is 4.41. The molecule has 1 aliphatic heterocycles. The molecule has 0 spiro atoms. The van der Waals surface area contributed by atoms with E-state index in [1.807, 2.05) is 0 Å². The highest BCUT2D eigenvalue weighted by Crippen LogP contribution is 2.25. The van der Waals surface area contributed by atoms with Crippen molar-refractivity contribution in [2.45, 2.75) is 64.8 Å². The van der Waals surface area contributed by atoms with Crippen LogP contribution in [0.15, 0.2) is 0 Å². The first-order chi connectivity index (χ1) is 10.9. The van der Waals surface area contributed by atoms with Gasteiger partial charge in [0, 0.05) is 18.3 Å². The van der Waals surface area contributed by atoms with E-state index in [9.17, 15) is 9.59 Å². The summed E-state index contributed by atoms with van der Waals surface area (Å²) in [5.41, 5.74) is 1.26. The van der Waals surface area contributed by atoms with Gasteiger partial charge in [-0.25, -0.2) is 4.98 Å². The molecule has 6 nitrogen and oxygen atoms in total. The van der Waals surface area contributed by atoms with Gasteiger partial charge < -0.3 is 15.6 Å². The van der Waals surface area contributed by atoms with Crippen LogP contribution in [0.2, 0.25) is 0 Å². The first kappa shape index (κ1) is 16.0. The number of H-pyrrole nitrogens is 1. The van der Waals surface area contributed by atoms with E-state index in [2.05, 4.69) is 34.4 Å². The highest BCUT2D eigenvalue weighted by Gasteiger charge is 2.30. The van der Waals surface area contributed by atoms with Crippen molar-refractivity contribution in [3.8, 4) is 0 Å².